The highest BCUT2D eigenvalue weighted by Crippen LogP contribution is 2.12. The van der Waals surface area contributed by atoms with Gasteiger partial charge in [0.15, 0.2) is 0 Å². The van der Waals surface area contributed by atoms with Crippen molar-refractivity contribution in [3.8, 4) is 0 Å². The number of alkyl halides is 1. The maximum absolute atomic E-state index is 12.3. The lowest BCUT2D eigenvalue weighted by molar-refractivity contribution is 0.0950. The average molecular weight is 365 g/mol. The number of halogens is 1. The number of aromatic nitrogens is 1. The molecule has 0 bridgehead atoms. The molecule has 0 aliphatic carbocycles. The summed E-state index contributed by atoms with van der Waals surface area (Å²) in [7, 11) is -3.84. The van der Waals surface area contributed by atoms with Crippen LogP contribution in [0, 0.1) is 13.8 Å². The molecule has 0 saturated carbocycles. The zero-order chi connectivity index (χ0) is 18.4. The largest absolute Gasteiger partial charge is 0.348 e. The quantitative estimate of drug-likeness (QED) is 0.784. The summed E-state index contributed by atoms with van der Waals surface area (Å²) in [4.78, 5) is 16.4. The van der Waals surface area contributed by atoms with Crippen molar-refractivity contribution in [3.05, 3.63) is 58.9 Å². The third-order valence-electron chi connectivity index (χ3n) is 3.59. The van der Waals surface area contributed by atoms with E-state index in [1.165, 1.54) is 24.3 Å². The number of pyridine rings is 1. The molecule has 0 aliphatic heterocycles. The topological polar surface area (TPSA) is 88.2 Å². The van der Waals surface area contributed by atoms with Crippen molar-refractivity contribution < 1.29 is 17.6 Å². The number of aryl methyl sites for hydroxylation is 2. The van der Waals surface area contributed by atoms with Crippen LogP contribution in [0.15, 0.2) is 41.4 Å². The Labute approximate surface area is 146 Å². The van der Waals surface area contributed by atoms with Gasteiger partial charge >= 0.3 is 0 Å². The first kappa shape index (κ1) is 19.0. The van der Waals surface area contributed by atoms with E-state index < -0.39 is 22.6 Å². The van der Waals surface area contributed by atoms with E-state index >= 15 is 0 Å². The van der Waals surface area contributed by atoms with Crippen molar-refractivity contribution in [1.29, 1.82) is 0 Å². The molecule has 0 unspecified atom stereocenters. The molecule has 0 spiro atoms. The molecular weight excluding hydrogens is 345 g/mol. The number of hydrogen-bond donors (Lipinski definition) is 2. The monoisotopic (exact) mass is 365 g/mol. The van der Waals surface area contributed by atoms with Gasteiger partial charge in [-0.15, -0.1) is 0 Å². The Morgan fingerprint density at radius 2 is 2.00 bits per heavy atom. The van der Waals surface area contributed by atoms with Gasteiger partial charge in [-0.05, 0) is 49.2 Å². The molecule has 2 rings (SSSR count). The van der Waals surface area contributed by atoms with Gasteiger partial charge in [-0.3, -0.25) is 9.78 Å². The van der Waals surface area contributed by atoms with Crippen molar-refractivity contribution in [1.82, 2.24) is 15.0 Å². The number of benzene rings is 1. The van der Waals surface area contributed by atoms with Gasteiger partial charge in [-0.1, -0.05) is 6.07 Å². The summed E-state index contributed by atoms with van der Waals surface area (Å²) < 4.78 is 38.3. The molecule has 1 amide bonds. The maximum atomic E-state index is 12.3. The number of sulfonamides is 1. The first-order chi connectivity index (χ1) is 11.8. The van der Waals surface area contributed by atoms with E-state index in [4.69, 9.17) is 0 Å². The Bertz CT molecular complexity index is 869. The van der Waals surface area contributed by atoms with Gasteiger partial charge in [0.2, 0.25) is 10.0 Å². The Morgan fingerprint density at radius 1 is 1.24 bits per heavy atom. The molecule has 0 fully saturated rings. The van der Waals surface area contributed by atoms with Crippen LogP contribution in [0.4, 0.5) is 4.39 Å². The van der Waals surface area contributed by atoms with Crippen molar-refractivity contribution >= 4 is 15.9 Å². The molecule has 0 aliphatic rings. The van der Waals surface area contributed by atoms with Crippen LogP contribution in [0.5, 0.6) is 0 Å². The second kappa shape index (κ2) is 8.17. The van der Waals surface area contributed by atoms with Crippen LogP contribution >= 0.6 is 0 Å². The highest BCUT2D eigenvalue weighted by atomic mass is 32.2. The summed E-state index contributed by atoms with van der Waals surface area (Å²) in [5, 5.41) is 2.74. The molecule has 2 N–H and O–H groups in total. The molecule has 6 nitrogen and oxygen atoms in total. The van der Waals surface area contributed by atoms with Crippen LogP contribution in [0.2, 0.25) is 0 Å². The van der Waals surface area contributed by atoms with Gasteiger partial charge in [-0.25, -0.2) is 17.5 Å². The van der Waals surface area contributed by atoms with Crippen molar-refractivity contribution in [3.63, 3.8) is 0 Å². The normalized spacial score (nSPS) is 11.3. The van der Waals surface area contributed by atoms with Gasteiger partial charge < -0.3 is 5.32 Å². The number of nitrogens with zero attached hydrogens (tertiary/aromatic N) is 1. The summed E-state index contributed by atoms with van der Waals surface area (Å²) in [5.74, 6) is -0.400. The molecule has 134 valence electrons. The number of carbonyl (C=O) groups excluding carboxylic acids is 1. The second-order valence-corrected chi connectivity index (χ2v) is 7.32. The highest BCUT2D eigenvalue weighted by molar-refractivity contribution is 7.89. The first-order valence-electron chi connectivity index (χ1n) is 7.69. The van der Waals surface area contributed by atoms with Crippen LogP contribution in [0.3, 0.4) is 0 Å². The fourth-order valence-corrected chi connectivity index (χ4v) is 3.30. The summed E-state index contributed by atoms with van der Waals surface area (Å²) in [5.41, 5.74) is 3.00. The van der Waals surface area contributed by atoms with E-state index in [9.17, 15) is 17.6 Å². The molecule has 0 saturated heterocycles. The van der Waals surface area contributed by atoms with E-state index in [-0.39, 0.29) is 23.5 Å². The van der Waals surface area contributed by atoms with Crippen LogP contribution in [-0.2, 0) is 16.6 Å². The minimum Gasteiger partial charge on any atom is -0.348 e. The summed E-state index contributed by atoms with van der Waals surface area (Å²) in [6.07, 6.45) is 1.70. The van der Waals surface area contributed by atoms with Crippen LogP contribution in [-0.4, -0.2) is 32.5 Å². The van der Waals surface area contributed by atoms with Crippen molar-refractivity contribution in [2.24, 2.45) is 0 Å². The van der Waals surface area contributed by atoms with Gasteiger partial charge in [0.1, 0.15) is 6.67 Å². The molecule has 25 heavy (non-hydrogen) atoms. The molecule has 0 radical (unpaired) electrons. The van der Waals surface area contributed by atoms with E-state index in [0.717, 1.165) is 16.8 Å². The molecule has 1 aromatic heterocycles. The van der Waals surface area contributed by atoms with Gasteiger partial charge in [0, 0.05) is 30.5 Å². The predicted molar refractivity (Wildman–Crippen MR) is 92.5 cm³/mol. The Kier molecular flexibility index (Phi) is 6.22. The van der Waals surface area contributed by atoms with Gasteiger partial charge in [-0.2, -0.15) is 0 Å². The predicted octanol–water partition coefficient (Wildman–Crippen LogP) is 1.88. The number of nitrogens with one attached hydrogen (secondary N) is 2. The van der Waals surface area contributed by atoms with Gasteiger partial charge in [0.25, 0.3) is 5.91 Å². The number of amides is 1. The van der Waals surface area contributed by atoms with E-state index in [1.54, 1.807) is 6.20 Å². The van der Waals surface area contributed by atoms with E-state index in [2.05, 4.69) is 15.0 Å². The lowest BCUT2D eigenvalue weighted by Crippen LogP contribution is -2.27. The van der Waals surface area contributed by atoms with Crippen molar-refractivity contribution in [2.75, 3.05) is 13.2 Å². The Hall–Kier alpha value is -2.32. The summed E-state index contributed by atoms with van der Waals surface area (Å²) in [6.45, 7) is 3.00. The standard InChI is InChI=1S/C17H20FN3O3S/c1-12-8-13(2)19-10-15(12)11-20-17(22)14-4-3-5-16(9-14)25(23,24)21-7-6-18/h3-5,8-10,21H,6-7,11H2,1-2H3,(H,20,22). The molecule has 8 heteroatoms. The minimum atomic E-state index is -3.84. The van der Waals surface area contributed by atoms with Crippen LogP contribution < -0.4 is 10.0 Å². The van der Waals surface area contributed by atoms with Crippen LogP contribution in [0.25, 0.3) is 0 Å². The van der Waals surface area contributed by atoms with E-state index in [1.807, 2.05) is 19.9 Å². The van der Waals surface area contributed by atoms with Crippen molar-refractivity contribution in [2.45, 2.75) is 25.3 Å². The maximum Gasteiger partial charge on any atom is 0.251 e. The van der Waals surface area contributed by atoms with Gasteiger partial charge in [0.05, 0.1) is 4.90 Å². The minimum absolute atomic E-state index is 0.0817. The zero-order valence-electron chi connectivity index (χ0n) is 14.0. The smallest absolute Gasteiger partial charge is 0.251 e. The highest BCUT2D eigenvalue weighted by Gasteiger charge is 2.16. The molecule has 1 heterocycles. The summed E-state index contributed by atoms with van der Waals surface area (Å²) in [6, 6.07) is 7.52. The second-order valence-electron chi connectivity index (χ2n) is 5.55. The van der Waals surface area contributed by atoms with Crippen LogP contribution in [0.1, 0.15) is 27.2 Å². The molecule has 1 aromatic carbocycles. The number of rotatable bonds is 7. The molecule has 2 aromatic rings. The summed E-state index contributed by atoms with van der Waals surface area (Å²) >= 11 is 0. The SMILES string of the molecule is Cc1cc(C)c(CNC(=O)c2cccc(S(=O)(=O)NCCF)c2)cn1. The number of carbonyl (C=O) groups is 1. The fourth-order valence-electron chi connectivity index (χ4n) is 2.25. The fraction of sp³-hybridized carbons (Fsp3) is 0.294. The lowest BCUT2D eigenvalue weighted by atomic mass is 10.1. The lowest BCUT2D eigenvalue weighted by Gasteiger charge is -2.10. The number of hydrogen-bond acceptors (Lipinski definition) is 4. The average Bonchev–Trinajstić information content (AvgIpc) is 2.59. The third-order valence-corrected chi connectivity index (χ3v) is 5.05. The third kappa shape index (κ3) is 5.07. The Morgan fingerprint density at radius 3 is 2.68 bits per heavy atom. The molecular formula is C17H20FN3O3S. The Balaban J connectivity index is 2.11. The van der Waals surface area contributed by atoms with E-state index in [0.29, 0.717) is 0 Å². The first-order valence-corrected chi connectivity index (χ1v) is 9.18. The zero-order valence-corrected chi connectivity index (χ0v) is 14.9. The molecule has 0 atom stereocenters.